The van der Waals surface area contributed by atoms with Gasteiger partial charge in [0, 0.05) is 37.6 Å². The summed E-state index contributed by atoms with van der Waals surface area (Å²) in [5.74, 6) is -0.964. The minimum atomic E-state index is -3.19. The number of hydrogen-bond donors (Lipinski definition) is 2. The molecule has 1 aliphatic heterocycles. The van der Waals surface area contributed by atoms with Gasteiger partial charge in [-0.05, 0) is 66.5 Å². The van der Waals surface area contributed by atoms with Crippen LogP contribution in [0.5, 0.6) is 0 Å². The van der Waals surface area contributed by atoms with E-state index in [0.29, 0.717) is 37.6 Å². The molecule has 8 nitrogen and oxygen atoms in total. The lowest BCUT2D eigenvalue weighted by molar-refractivity contribution is -0.135. The maximum atomic E-state index is 12.9. The number of nitrogens with one attached hydrogen (secondary N) is 1. The molecule has 0 radical (unpaired) electrons. The molecule has 1 saturated carbocycles. The van der Waals surface area contributed by atoms with Crippen molar-refractivity contribution in [3.05, 3.63) is 59.2 Å². The number of rotatable bonds is 11. The van der Waals surface area contributed by atoms with Crippen LogP contribution in [-0.2, 0) is 25.9 Å². The Morgan fingerprint density at radius 2 is 1.79 bits per heavy atom. The number of aryl methyl sites for hydroxylation is 1. The zero-order chi connectivity index (χ0) is 28.0. The molecule has 1 amide bonds. The number of ether oxygens (including phenoxy) is 1. The standard InChI is InChI=1S/C30H40N2O6S/c1-21-8-6-7-11-26(21)28-14-23(12-13-27(28)30(35)31-16-29(33)34)17-32-18-25(39(2,36)37)15-24(32)20-38-19-22-9-4-3-5-10-22/h6-8,11-14,22,24-25H,3-5,9-10,15-20H2,1-2H3,(H,31,35)(H,33,34)/t24-,25-/m0/s1. The zero-order valence-corrected chi connectivity index (χ0v) is 23.7. The summed E-state index contributed by atoms with van der Waals surface area (Å²) in [5, 5.41) is 11.0. The fraction of sp³-hybridized carbons (Fsp3) is 0.533. The molecular weight excluding hydrogens is 516 g/mol. The molecule has 9 heteroatoms. The van der Waals surface area contributed by atoms with Crippen LogP contribution in [0.25, 0.3) is 11.1 Å². The Hall–Kier alpha value is -2.75. The number of likely N-dealkylation sites (tertiary alicyclic amines) is 1. The summed E-state index contributed by atoms with van der Waals surface area (Å²) in [6, 6.07) is 13.3. The molecule has 0 aromatic heterocycles. The van der Waals surface area contributed by atoms with Gasteiger partial charge in [-0.15, -0.1) is 0 Å². The first kappa shape index (κ1) is 29.2. The molecule has 1 saturated heterocycles. The van der Waals surface area contributed by atoms with Gasteiger partial charge in [-0.3, -0.25) is 14.5 Å². The molecule has 0 bridgehead atoms. The number of hydrogen-bond acceptors (Lipinski definition) is 6. The highest BCUT2D eigenvalue weighted by molar-refractivity contribution is 7.91. The number of aliphatic carboxylic acids is 1. The summed E-state index contributed by atoms with van der Waals surface area (Å²) in [7, 11) is -3.19. The van der Waals surface area contributed by atoms with E-state index in [1.165, 1.54) is 38.4 Å². The summed E-state index contributed by atoms with van der Waals surface area (Å²) in [5.41, 5.74) is 3.96. The number of amides is 1. The Morgan fingerprint density at radius 3 is 2.49 bits per heavy atom. The molecule has 2 aromatic rings. The lowest BCUT2D eigenvalue weighted by Crippen LogP contribution is -2.34. The highest BCUT2D eigenvalue weighted by atomic mass is 32.2. The number of nitrogens with zero attached hydrogens (tertiary/aromatic N) is 1. The topological polar surface area (TPSA) is 113 Å². The fourth-order valence-electron chi connectivity index (χ4n) is 5.81. The second-order valence-corrected chi connectivity index (χ2v) is 13.4. The minimum Gasteiger partial charge on any atom is -0.480 e. The summed E-state index contributed by atoms with van der Waals surface area (Å²) in [4.78, 5) is 26.1. The highest BCUT2D eigenvalue weighted by Crippen LogP contribution is 2.31. The molecule has 4 rings (SSSR count). The van der Waals surface area contributed by atoms with Gasteiger partial charge in [-0.25, -0.2) is 8.42 Å². The third-order valence-corrected chi connectivity index (χ3v) is 9.59. The number of carbonyl (C=O) groups excluding carboxylic acids is 1. The van der Waals surface area contributed by atoms with Crippen molar-refractivity contribution >= 4 is 21.7 Å². The first-order chi connectivity index (χ1) is 18.6. The van der Waals surface area contributed by atoms with Gasteiger partial charge in [0.15, 0.2) is 9.84 Å². The van der Waals surface area contributed by atoms with Gasteiger partial charge < -0.3 is 15.2 Å². The molecule has 2 atom stereocenters. The second kappa shape index (κ2) is 13.1. The normalized spacial score (nSPS) is 20.7. The lowest BCUT2D eigenvalue weighted by atomic mass is 9.90. The smallest absolute Gasteiger partial charge is 0.322 e. The van der Waals surface area contributed by atoms with Gasteiger partial charge in [-0.2, -0.15) is 0 Å². The molecule has 39 heavy (non-hydrogen) atoms. The number of carboxylic acids is 1. The van der Waals surface area contributed by atoms with E-state index in [-0.39, 0.29) is 6.04 Å². The summed E-state index contributed by atoms with van der Waals surface area (Å²) in [6.07, 6.45) is 8.07. The maximum Gasteiger partial charge on any atom is 0.322 e. The molecule has 2 N–H and O–H groups in total. The summed E-state index contributed by atoms with van der Waals surface area (Å²) < 4.78 is 31.1. The summed E-state index contributed by atoms with van der Waals surface area (Å²) in [6.45, 7) is 3.71. The van der Waals surface area contributed by atoms with Gasteiger partial charge in [0.2, 0.25) is 0 Å². The molecule has 1 aliphatic carbocycles. The van der Waals surface area contributed by atoms with E-state index in [1.807, 2.05) is 43.3 Å². The average molecular weight is 557 g/mol. The minimum absolute atomic E-state index is 0.00577. The highest BCUT2D eigenvalue weighted by Gasteiger charge is 2.37. The van der Waals surface area contributed by atoms with Crippen molar-refractivity contribution in [3.63, 3.8) is 0 Å². The largest absolute Gasteiger partial charge is 0.480 e. The third kappa shape index (κ3) is 7.90. The van der Waals surface area contributed by atoms with Crippen molar-refractivity contribution in [2.45, 2.75) is 63.3 Å². The van der Waals surface area contributed by atoms with E-state index in [0.717, 1.165) is 28.9 Å². The van der Waals surface area contributed by atoms with Gasteiger partial charge in [0.05, 0.1) is 11.9 Å². The van der Waals surface area contributed by atoms with E-state index < -0.39 is 33.5 Å². The Balaban J connectivity index is 1.55. The maximum absolute atomic E-state index is 12.9. The molecular formula is C30H40N2O6S. The van der Waals surface area contributed by atoms with Crippen molar-refractivity contribution in [1.82, 2.24) is 10.2 Å². The predicted molar refractivity (Wildman–Crippen MR) is 151 cm³/mol. The summed E-state index contributed by atoms with van der Waals surface area (Å²) >= 11 is 0. The van der Waals surface area contributed by atoms with Crippen LogP contribution in [0.2, 0.25) is 0 Å². The Labute approximate surface area is 231 Å². The van der Waals surface area contributed by atoms with Crippen LogP contribution >= 0.6 is 0 Å². The van der Waals surface area contributed by atoms with E-state index in [1.54, 1.807) is 6.07 Å². The van der Waals surface area contributed by atoms with Crippen LogP contribution in [0.3, 0.4) is 0 Å². The Morgan fingerprint density at radius 1 is 1.05 bits per heavy atom. The van der Waals surface area contributed by atoms with Crippen LogP contribution in [0.1, 0.15) is 60.0 Å². The molecule has 2 aliphatic rings. The van der Waals surface area contributed by atoms with E-state index in [2.05, 4.69) is 10.2 Å². The van der Waals surface area contributed by atoms with Crippen LogP contribution in [0, 0.1) is 12.8 Å². The van der Waals surface area contributed by atoms with Crippen LogP contribution in [-0.4, -0.2) is 74.2 Å². The van der Waals surface area contributed by atoms with Gasteiger partial charge in [0.25, 0.3) is 5.91 Å². The van der Waals surface area contributed by atoms with Gasteiger partial charge in [-0.1, -0.05) is 49.6 Å². The van der Waals surface area contributed by atoms with Crippen molar-refractivity contribution in [2.75, 3.05) is 32.6 Å². The van der Waals surface area contributed by atoms with Crippen LogP contribution < -0.4 is 5.32 Å². The Bertz CT molecular complexity index is 1270. The molecule has 0 unspecified atom stereocenters. The van der Waals surface area contributed by atoms with Crippen molar-refractivity contribution in [2.24, 2.45) is 5.92 Å². The zero-order valence-electron chi connectivity index (χ0n) is 22.9. The SMILES string of the molecule is Cc1ccccc1-c1cc(CN2C[C@@H](S(C)(=O)=O)C[C@H]2COCC2CCCCC2)ccc1C(=O)NCC(=O)O. The number of benzene rings is 2. The second-order valence-electron chi connectivity index (χ2n) is 11.1. The predicted octanol–water partition coefficient (Wildman–Crippen LogP) is 4.06. The molecule has 1 heterocycles. The first-order valence-electron chi connectivity index (χ1n) is 13.8. The fourth-order valence-corrected chi connectivity index (χ4v) is 6.84. The first-order valence-corrected chi connectivity index (χ1v) is 15.8. The number of carbonyl (C=O) groups is 2. The molecule has 2 aromatic carbocycles. The number of sulfone groups is 1. The molecule has 2 fully saturated rings. The molecule has 212 valence electrons. The van der Waals surface area contributed by atoms with Gasteiger partial charge >= 0.3 is 5.97 Å². The Kier molecular flexibility index (Phi) is 9.80. The van der Waals surface area contributed by atoms with E-state index in [9.17, 15) is 18.0 Å². The van der Waals surface area contributed by atoms with E-state index in [4.69, 9.17) is 9.84 Å². The average Bonchev–Trinajstić information content (AvgIpc) is 3.31. The van der Waals surface area contributed by atoms with Crippen molar-refractivity contribution in [1.29, 1.82) is 0 Å². The van der Waals surface area contributed by atoms with Crippen molar-refractivity contribution in [3.8, 4) is 11.1 Å². The lowest BCUT2D eigenvalue weighted by Gasteiger charge is -2.26. The quantitative estimate of drug-likeness (QED) is 0.429. The molecule has 0 spiro atoms. The monoisotopic (exact) mass is 556 g/mol. The number of carboxylic acid groups (broad SMARTS) is 1. The van der Waals surface area contributed by atoms with Gasteiger partial charge in [0.1, 0.15) is 6.54 Å². The van der Waals surface area contributed by atoms with Crippen LogP contribution in [0.4, 0.5) is 0 Å². The van der Waals surface area contributed by atoms with Crippen LogP contribution in [0.15, 0.2) is 42.5 Å². The van der Waals surface area contributed by atoms with Crippen molar-refractivity contribution < 1.29 is 27.9 Å². The van der Waals surface area contributed by atoms with E-state index >= 15 is 0 Å². The third-order valence-electron chi connectivity index (χ3n) is 8.03.